The first-order valence-corrected chi connectivity index (χ1v) is 5.53. The zero-order valence-electron chi connectivity index (χ0n) is 8.44. The number of halogens is 1. The molecule has 1 aromatic carbocycles. The second-order valence-electron chi connectivity index (χ2n) is 3.19. The van der Waals surface area contributed by atoms with Crippen LogP contribution in [0.2, 0.25) is 0 Å². The summed E-state index contributed by atoms with van der Waals surface area (Å²) < 4.78 is 1.02. The van der Waals surface area contributed by atoms with E-state index in [2.05, 4.69) is 31.7 Å². The number of nitrogens with one attached hydrogen (secondary N) is 2. The Morgan fingerprint density at radius 1 is 1.06 bits per heavy atom. The van der Waals surface area contributed by atoms with Crippen molar-refractivity contribution in [2.45, 2.75) is 0 Å². The van der Waals surface area contributed by atoms with Gasteiger partial charge in [0, 0.05) is 10.2 Å². The number of aromatic nitrogens is 1. The molecule has 1 aromatic heterocycles. The molecule has 0 radical (unpaired) electrons. The lowest BCUT2D eigenvalue weighted by atomic mass is 10.3. The van der Waals surface area contributed by atoms with Crippen LogP contribution in [-0.4, -0.2) is 4.98 Å². The van der Waals surface area contributed by atoms with Crippen molar-refractivity contribution in [1.82, 2.24) is 4.98 Å². The van der Waals surface area contributed by atoms with Crippen LogP contribution in [0.4, 0.5) is 17.3 Å². The zero-order chi connectivity index (χ0) is 11.4. The van der Waals surface area contributed by atoms with E-state index in [9.17, 15) is 0 Å². The van der Waals surface area contributed by atoms with Gasteiger partial charge in [0.1, 0.15) is 11.6 Å². The highest BCUT2D eigenvalue weighted by Gasteiger charge is 1.97. The Morgan fingerprint density at radius 2 is 1.81 bits per heavy atom. The number of nitrogens with zero attached hydrogens (tertiary/aromatic N) is 1. The Hall–Kier alpha value is -1.59. The number of nitrogen functional groups attached to an aromatic ring is 1. The van der Waals surface area contributed by atoms with Crippen molar-refractivity contribution < 1.29 is 0 Å². The number of rotatable bonds is 3. The van der Waals surface area contributed by atoms with Crippen LogP contribution in [0.15, 0.2) is 46.9 Å². The Bertz CT molecular complexity index is 487. The Balaban J connectivity index is 2.20. The van der Waals surface area contributed by atoms with Crippen LogP contribution < -0.4 is 16.6 Å². The van der Waals surface area contributed by atoms with E-state index in [0.717, 1.165) is 16.0 Å². The molecule has 0 aliphatic rings. The van der Waals surface area contributed by atoms with E-state index in [1.54, 1.807) is 6.07 Å². The molecule has 0 saturated heterocycles. The van der Waals surface area contributed by atoms with E-state index < -0.39 is 0 Å². The SMILES string of the molecule is NNc1cccc(Nc2cccc(Br)c2)n1. The van der Waals surface area contributed by atoms with Crippen molar-refractivity contribution in [2.24, 2.45) is 5.84 Å². The van der Waals surface area contributed by atoms with Gasteiger partial charge in [0.2, 0.25) is 0 Å². The molecule has 0 atom stereocenters. The molecular formula is C11H11BrN4. The zero-order valence-corrected chi connectivity index (χ0v) is 10.0. The van der Waals surface area contributed by atoms with Gasteiger partial charge in [-0.15, -0.1) is 0 Å². The molecule has 0 aliphatic carbocycles. The van der Waals surface area contributed by atoms with E-state index >= 15 is 0 Å². The molecule has 16 heavy (non-hydrogen) atoms. The topological polar surface area (TPSA) is 63.0 Å². The summed E-state index contributed by atoms with van der Waals surface area (Å²) in [5, 5.41) is 3.18. The Kier molecular flexibility index (Phi) is 3.38. The van der Waals surface area contributed by atoms with Crippen molar-refractivity contribution in [2.75, 3.05) is 10.7 Å². The van der Waals surface area contributed by atoms with Crippen molar-refractivity contribution in [1.29, 1.82) is 0 Å². The standard InChI is InChI=1S/C11H11BrN4/c12-8-3-1-4-9(7-8)14-10-5-2-6-11(15-10)16-13/h1-7H,13H2,(H2,14,15,16). The highest BCUT2D eigenvalue weighted by atomic mass is 79.9. The van der Waals surface area contributed by atoms with Crippen LogP contribution >= 0.6 is 15.9 Å². The Morgan fingerprint density at radius 3 is 2.56 bits per heavy atom. The summed E-state index contributed by atoms with van der Waals surface area (Å²) in [7, 11) is 0. The minimum Gasteiger partial charge on any atom is -0.340 e. The third kappa shape index (κ3) is 2.71. The first-order chi connectivity index (χ1) is 7.78. The van der Waals surface area contributed by atoms with Gasteiger partial charge in [0.25, 0.3) is 0 Å². The molecule has 4 nitrogen and oxygen atoms in total. The lowest BCUT2D eigenvalue weighted by molar-refractivity contribution is 1.22. The first kappa shape index (κ1) is 10.9. The third-order valence-electron chi connectivity index (χ3n) is 1.99. The fraction of sp³-hybridized carbons (Fsp3) is 0. The van der Waals surface area contributed by atoms with Crippen LogP contribution in [0.3, 0.4) is 0 Å². The van der Waals surface area contributed by atoms with Gasteiger partial charge in [0.15, 0.2) is 0 Å². The number of hydrogen-bond acceptors (Lipinski definition) is 4. The van der Waals surface area contributed by atoms with Gasteiger partial charge >= 0.3 is 0 Å². The molecule has 0 amide bonds. The maximum absolute atomic E-state index is 5.29. The molecular weight excluding hydrogens is 268 g/mol. The van der Waals surface area contributed by atoms with Gasteiger partial charge in [-0.05, 0) is 30.3 Å². The van der Waals surface area contributed by atoms with Crippen LogP contribution in [0.5, 0.6) is 0 Å². The predicted octanol–water partition coefficient (Wildman–Crippen LogP) is 2.87. The smallest absolute Gasteiger partial charge is 0.142 e. The van der Waals surface area contributed by atoms with Crippen molar-refractivity contribution >= 4 is 33.3 Å². The average molecular weight is 279 g/mol. The second kappa shape index (κ2) is 4.96. The monoisotopic (exact) mass is 278 g/mol. The molecule has 0 unspecified atom stereocenters. The number of pyridine rings is 1. The van der Waals surface area contributed by atoms with Crippen LogP contribution in [-0.2, 0) is 0 Å². The maximum Gasteiger partial charge on any atom is 0.142 e. The Labute approximate surface area is 102 Å². The van der Waals surface area contributed by atoms with Gasteiger partial charge in [-0.2, -0.15) is 0 Å². The number of hydrazine groups is 1. The molecule has 4 N–H and O–H groups in total. The summed E-state index contributed by atoms with van der Waals surface area (Å²) in [4.78, 5) is 4.25. The average Bonchev–Trinajstić information content (AvgIpc) is 2.29. The summed E-state index contributed by atoms with van der Waals surface area (Å²) in [6, 6.07) is 13.4. The van der Waals surface area contributed by atoms with Crippen molar-refractivity contribution in [3.63, 3.8) is 0 Å². The minimum absolute atomic E-state index is 0.625. The van der Waals surface area contributed by atoms with Crippen LogP contribution in [0.1, 0.15) is 0 Å². The van der Waals surface area contributed by atoms with E-state index in [1.165, 1.54) is 0 Å². The van der Waals surface area contributed by atoms with Crippen LogP contribution in [0, 0.1) is 0 Å². The molecule has 0 spiro atoms. The first-order valence-electron chi connectivity index (χ1n) is 4.74. The highest BCUT2D eigenvalue weighted by Crippen LogP contribution is 2.19. The molecule has 0 fully saturated rings. The molecule has 0 bridgehead atoms. The fourth-order valence-electron chi connectivity index (χ4n) is 1.30. The molecule has 82 valence electrons. The van der Waals surface area contributed by atoms with Gasteiger partial charge in [-0.1, -0.05) is 28.1 Å². The fourth-order valence-corrected chi connectivity index (χ4v) is 1.70. The largest absolute Gasteiger partial charge is 0.340 e. The molecule has 2 aromatic rings. The highest BCUT2D eigenvalue weighted by molar-refractivity contribution is 9.10. The lowest BCUT2D eigenvalue weighted by Gasteiger charge is -2.07. The molecule has 2 rings (SSSR count). The van der Waals surface area contributed by atoms with Gasteiger partial charge < -0.3 is 10.7 Å². The quantitative estimate of drug-likeness (QED) is 0.597. The second-order valence-corrected chi connectivity index (χ2v) is 4.10. The minimum atomic E-state index is 0.625. The van der Waals surface area contributed by atoms with Crippen molar-refractivity contribution in [3.05, 3.63) is 46.9 Å². The normalized spacial score (nSPS) is 9.88. The molecule has 0 aliphatic heterocycles. The third-order valence-corrected chi connectivity index (χ3v) is 2.49. The number of nitrogens with two attached hydrogens (primary N) is 1. The van der Waals surface area contributed by atoms with E-state index in [0.29, 0.717) is 5.82 Å². The molecule has 5 heteroatoms. The summed E-state index contributed by atoms with van der Waals surface area (Å²) in [5.41, 5.74) is 3.47. The summed E-state index contributed by atoms with van der Waals surface area (Å²) >= 11 is 3.41. The van der Waals surface area contributed by atoms with E-state index in [1.807, 2.05) is 36.4 Å². The summed E-state index contributed by atoms with van der Waals surface area (Å²) in [6.07, 6.45) is 0. The molecule has 1 heterocycles. The summed E-state index contributed by atoms with van der Waals surface area (Å²) in [6.45, 7) is 0. The van der Waals surface area contributed by atoms with E-state index in [-0.39, 0.29) is 0 Å². The van der Waals surface area contributed by atoms with Crippen LogP contribution in [0.25, 0.3) is 0 Å². The number of benzene rings is 1. The maximum atomic E-state index is 5.29. The van der Waals surface area contributed by atoms with Gasteiger partial charge in [0.05, 0.1) is 0 Å². The van der Waals surface area contributed by atoms with Crippen molar-refractivity contribution in [3.8, 4) is 0 Å². The summed E-state index contributed by atoms with van der Waals surface area (Å²) in [5.74, 6) is 6.66. The van der Waals surface area contributed by atoms with Gasteiger partial charge in [-0.3, -0.25) is 0 Å². The lowest BCUT2D eigenvalue weighted by Crippen LogP contribution is -2.08. The van der Waals surface area contributed by atoms with E-state index in [4.69, 9.17) is 5.84 Å². The number of anilines is 3. The predicted molar refractivity (Wildman–Crippen MR) is 69.5 cm³/mol. The van der Waals surface area contributed by atoms with Gasteiger partial charge in [-0.25, -0.2) is 10.8 Å². The molecule has 0 saturated carbocycles. The number of hydrogen-bond donors (Lipinski definition) is 3.